The molecule has 3 aromatic rings. The molecule has 1 aliphatic rings. The molecule has 1 fully saturated rings. The van der Waals surface area contributed by atoms with Crippen LogP contribution in [-0.4, -0.2) is 27.2 Å². The van der Waals surface area contributed by atoms with Crippen molar-refractivity contribution in [2.75, 3.05) is 5.32 Å². The van der Waals surface area contributed by atoms with Crippen LogP contribution in [0, 0.1) is 12.8 Å². The first kappa shape index (κ1) is 15.1. The van der Waals surface area contributed by atoms with Crippen molar-refractivity contribution in [2.45, 2.75) is 38.3 Å². The predicted molar refractivity (Wildman–Crippen MR) is 92.8 cm³/mol. The molecule has 24 heavy (non-hydrogen) atoms. The molecule has 0 spiro atoms. The summed E-state index contributed by atoms with van der Waals surface area (Å²) >= 11 is 0. The molecule has 124 valence electrons. The fraction of sp³-hybridized carbons (Fsp3) is 0.368. The van der Waals surface area contributed by atoms with Gasteiger partial charge in [0.15, 0.2) is 5.58 Å². The second-order valence-electron chi connectivity index (χ2n) is 6.69. The van der Waals surface area contributed by atoms with Gasteiger partial charge < -0.3 is 14.8 Å². The Morgan fingerprint density at radius 1 is 1.25 bits per heavy atom. The van der Waals surface area contributed by atoms with Gasteiger partial charge in [-0.05, 0) is 67.5 Å². The summed E-state index contributed by atoms with van der Waals surface area (Å²) in [6, 6.07) is 10.8. The molecule has 0 unspecified atom stereocenters. The maximum atomic E-state index is 9.67. The third-order valence-electron chi connectivity index (χ3n) is 4.78. The lowest BCUT2D eigenvalue weighted by atomic mass is 9.75. The third-order valence-corrected chi connectivity index (χ3v) is 4.78. The van der Waals surface area contributed by atoms with Crippen LogP contribution in [0.15, 0.2) is 47.1 Å². The second kappa shape index (κ2) is 6.24. The fourth-order valence-corrected chi connectivity index (χ4v) is 3.32. The van der Waals surface area contributed by atoms with Gasteiger partial charge in [0.25, 0.3) is 6.01 Å². The summed E-state index contributed by atoms with van der Waals surface area (Å²) in [7, 11) is 0. The van der Waals surface area contributed by atoms with Crippen LogP contribution in [0.25, 0.3) is 11.1 Å². The number of fused-ring (bicyclic) bond motifs is 1. The number of aryl methyl sites for hydroxylation is 1. The first-order valence-corrected chi connectivity index (χ1v) is 8.38. The summed E-state index contributed by atoms with van der Waals surface area (Å²) in [6.45, 7) is 2.04. The van der Waals surface area contributed by atoms with E-state index < -0.39 is 0 Å². The standard InChI is InChI=1S/C19H21N3O2/c1-12-2-3-18-17(8-12)22-19(24-18)21-16(14-10-15(23)11-14)9-13-4-6-20-7-5-13/h2-8,14-16,23H,9-11H2,1H3,(H,21,22)/t14?,15?,16-/m1/s1. The highest BCUT2D eigenvalue weighted by Crippen LogP contribution is 2.33. The summed E-state index contributed by atoms with van der Waals surface area (Å²) in [5, 5.41) is 13.1. The van der Waals surface area contributed by atoms with Crippen LogP contribution >= 0.6 is 0 Å². The number of nitrogens with one attached hydrogen (secondary N) is 1. The zero-order valence-corrected chi connectivity index (χ0v) is 13.6. The van der Waals surface area contributed by atoms with Crippen molar-refractivity contribution in [1.29, 1.82) is 0 Å². The number of oxazole rings is 1. The average Bonchev–Trinajstić information content (AvgIpc) is 2.93. The van der Waals surface area contributed by atoms with Crippen LogP contribution in [0.5, 0.6) is 0 Å². The molecule has 2 N–H and O–H groups in total. The summed E-state index contributed by atoms with van der Waals surface area (Å²) in [6.07, 6.45) is 5.94. The topological polar surface area (TPSA) is 71.2 Å². The molecule has 5 nitrogen and oxygen atoms in total. The smallest absolute Gasteiger partial charge is 0.295 e. The van der Waals surface area contributed by atoms with E-state index >= 15 is 0 Å². The number of hydrogen-bond donors (Lipinski definition) is 2. The average molecular weight is 323 g/mol. The van der Waals surface area contributed by atoms with Crippen molar-refractivity contribution in [2.24, 2.45) is 5.92 Å². The lowest BCUT2D eigenvalue weighted by molar-refractivity contribution is 0.0339. The van der Waals surface area contributed by atoms with Crippen LogP contribution in [0.2, 0.25) is 0 Å². The number of rotatable bonds is 5. The minimum Gasteiger partial charge on any atom is -0.424 e. The predicted octanol–water partition coefficient (Wildman–Crippen LogP) is 3.33. The Balaban J connectivity index is 1.55. The maximum absolute atomic E-state index is 9.67. The van der Waals surface area contributed by atoms with Crippen molar-refractivity contribution < 1.29 is 9.52 Å². The van der Waals surface area contributed by atoms with Crippen molar-refractivity contribution in [1.82, 2.24) is 9.97 Å². The molecule has 2 aromatic heterocycles. The Hall–Kier alpha value is -2.40. The van der Waals surface area contributed by atoms with Gasteiger partial charge in [0.2, 0.25) is 0 Å². The van der Waals surface area contributed by atoms with Gasteiger partial charge in [0.1, 0.15) is 5.52 Å². The lowest BCUT2D eigenvalue weighted by Crippen LogP contribution is -2.42. The second-order valence-corrected chi connectivity index (χ2v) is 6.69. The Morgan fingerprint density at radius 2 is 2.04 bits per heavy atom. The minimum absolute atomic E-state index is 0.178. The molecule has 1 atom stereocenters. The summed E-state index contributed by atoms with van der Waals surface area (Å²) in [5.74, 6) is 0.421. The van der Waals surface area contributed by atoms with E-state index in [-0.39, 0.29) is 12.1 Å². The lowest BCUT2D eigenvalue weighted by Gasteiger charge is -2.37. The molecule has 0 amide bonds. The number of aliphatic hydroxyl groups excluding tert-OH is 1. The molecule has 1 aromatic carbocycles. The number of nitrogens with zero attached hydrogens (tertiary/aromatic N) is 2. The summed E-state index contributed by atoms with van der Waals surface area (Å²) in [4.78, 5) is 8.64. The molecule has 2 heterocycles. The fourth-order valence-electron chi connectivity index (χ4n) is 3.32. The van der Waals surface area contributed by atoms with E-state index in [0.717, 1.165) is 35.9 Å². The van der Waals surface area contributed by atoms with Gasteiger partial charge in [-0.3, -0.25) is 4.98 Å². The van der Waals surface area contributed by atoms with E-state index in [1.54, 1.807) is 0 Å². The normalized spacial score (nSPS) is 21.4. The van der Waals surface area contributed by atoms with Crippen LogP contribution in [-0.2, 0) is 6.42 Å². The van der Waals surface area contributed by atoms with Gasteiger partial charge in [-0.15, -0.1) is 0 Å². The van der Waals surface area contributed by atoms with Crippen LogP contribution in [0.1, 0.15) is 24.0 Å². The molecule has 1 aliphatic carbocycles. The zero-order valence-electron chi connectivity index (χ0n) is 13.6. The highest BCUT2D eigenvalue weighted by Gasteiger charge is 2.34. The molecule has 0 aliphatic heterocycles. The first-order valence-electron chi connectivity index (χ1n) is 8.38. The van der Waals surface area contributed by atoms with Crippen LogP contribution < -0.4 is 5.32 Å². The van der Waals surface area contributed by atoms with E-state index in [1.807, 2.05) is 49.6 Å². The SMILES string of the molecule is Cc1ccc2oc(N[C@H](Cc3ccncc3)C3CC(O)C3)nc2c1. The third kappa shape index (κ3) is 3.12. The number of aromatic nitrogens is 2. The Morgan fingerprint density at radius 3 is 2.79 bits per heavy atom. The van der Waals surface area contributed by atoms with Crippen molar-refractivity contribution >= 4 is 17.1 Å². The quantitative estimate of drug-likeness (QED) is 0.753. The number of hydrogen-bond acceptors (Lipinski definition) is 5. The highest BCUT2D eigenvalue weighted by molar-refractivity contribution is 5.75. The number of anilines is 1. The molecule has 1 saturated carbocycles. The van der Waals surface area contributed by atoms with Crippen LogP contribution in [0.3, 0.4) is 0 Å². The van der Waals surface area contributed by atoms with E-state index in [2.05, 4.69) is 15.3 Å². The minimum atomic E-state index is -0.178. The van der Waals surface area contributed by atoms with Gasteiger partial charge in [0.05, 0.1) is 6.10 Å². The molecule has 5 heteroatoms. The Kier molecular flexibility index (Phi) is 3.94. The van der Waals surface area contributed by atoms with Crippen molar-refractivity contribution in [3.63, 3.8) is 0 Å². The first-order chi connectivity index (χ1) is 11.7. The number of pyridine rings is 1. The summed E-state index contributed by atoms with van der Waals surface area (Å²) < 4.78 is 5.84. The van der Waals surface area contributed by atoms with Gasteiger partial charge in [0, 0.05) is 18.4 Å². The van der Waals surface area contributed by atoms with Gasteiger partial charge in [-0.25, -0.2) is 0 Å². The van der Waals surface area contributed by atoms with Crippen molar-refractivity contribution in [3.05, 3.63) is 53.9 Å². The molecule has 0 saturated heterocycles. The molecule has 0 bridgehead atoms. The number of benzene rings is 1. The highest BCUT2D eigenvalue weighted by atomic mass is 16.4. The van der Waals surface area contributed by atoms with Gasteiger partial charge in [-0.2, -0.15) is 4.98 Å². The molecule has 4 rings (SSSR count). The zero-order chi connectivity index (χ0) is 16.5. The van der Waals surface area contributed by atoms with Gasteiger partial charge >= 0.3 is 0 Å². The largest absolute Gasteiger partial charge is 0.424 e. The monoisotopic (exact) mass is 323 g/mol. The Bertz CT molecular complexity index is 825. The van der Waals surface area contributed by atoms with E-state index in [1.165, 1.54) is 5.56 Å². The van der Waals surface area contributed by atoms with Crippen molar-refractivity contribution in [3.8, 4) is 0 Å². The molecule has 0 radical (unpaired) electrons. The Labute approximate surface area is 140 Å². The maximum Gasteiger partial charge on any atom is 0.295 e. The summed E-state index contributed by atoms with van der Waals surface area (Å²) in [5.41, 5.74) is 4.04. The van der Waals surface area contributed by atoms with E-state index in [9.17, 15) is 5.11 Å². The van der Waals surface area contributed by atoms with Crippen LogP contribution in [0.4, 0.5) is 6.01 Å². The molecular formula is C19H21N3O2. The van der Waals surface area contributed by atoms with Gasteiger partial charge in [-0.1, -0.05) is 6.07 Å². The number of aliphatic hydroxyl groups is 1. The van der Waals surface area contributed by atoms with E-state index in [4.69, 9.17) is 4.42 Å². The molecular weight excluding hydrogens is 302 g/mol. The van der Waals surface area contributed by atoms with E-state index in [0.29, 0.717) is 11.9 Å².